The van der Waals surface area contributed by atoms with Crippen LogP contribution in [0.3, 0.4) is 0 Å². The second-order valence-electron chi connectivity index (χ2n) is 8.37. The molecule has 1 atom stereocenters. The van der Waals surface area contributed by atoms with Gasteiger partial charge < -0.3 is 10.2 Å². The Morgan fingerprint density at radius 1 is 1.11 bits per heavy atom. The first kappa shape index (κ1) is 22.9. The second kappa shape index (κ2) is 8.71. The van der Waals surface area contributed by atoms with Crippen LogP contribution in [0.25, 0.3) is 22.4 Å². The predicted molar refractivity (Wildman–Crippen MR) is 120 cm³/mol. The standard InChI is InChI=1S/C22H21F4N9/c1-11(13-6-5-7-16(17(13)23)22(24,25)26)27-18-14-10-15(20-31-33-34-32-20)21(35-8-3-4-9-35)30-19(14)29-12(2)28-18/h5-7,10-11H,3-4,8-9H2,1-2H3,(H,27,28,29,30)(H,31,32,33,34)/t11-/m1/s1. The van der Waals surface area contributed by atoms with E-state index in [1.807, 2.05) is 0 Å². The number of aryl methyl sites for hydroxylation is 1. The van der Waals surface area contributed by atoms with Gasteiger partial charge in [0.15, 0.2) is 11.5 Å². The summed E-state index contributed by atoms with van der Waals surface area (Å²) in [5.41, 5.74) is -0.414. The van der Waals surface area contributed by atoms with Crippen molar-refractivity contribution in [3.05, 3.63) is 47.0 Å². The summed E-state index contributed by atoms with van der Waals surface area (Å²) >= 11 is 0. The lowest BCUT2D eigenvalue weighted by Gasteiger charge is -2.21. The summed E-state index contributed by atoms with van der Waals surface area (Å²) in [5, 5.41) is 17.7. The Morgan fingerprint density at radius 3 is 2.57 bits per heavy atom. The molecule has 0 amide bonds. The van der Waals surface area contributed by atoms with E-state index in [1.165, 1.54) is 12.1 Å². The van der Waals surface area contributed by atoms with Crippen LogP contribution in [-0.2, 0) is 6.18 Å². The lowest BCUT2D eigenvalue weighted by atomic mass is 10.0. The van der Waals surface area contributed by atoms with E-state index in [9.17, 15) is 17.6 Å². The molecule has 9 nitrogen and oxygen atoms in total. The summed E-state index contributed by atoms with van der Waals surface area (Å²) in [7, 11) is 0. The number of halogens is 4. The second-order valence-corrected chi connectivity index (χ2v) is 8.37. The fourth-order valence-corrected chi connectivity index (χ4v) is 4.27. The molecule has 0 unspecified atom stereocenters. The molecular formula is C22H21F4N9. The van der Waals surface area contributed by atoms with Crippen molar-refractivity contribution in [1.29, 1.82) is 0 Å². The fourth-order valence-electron chi connectivity index (χ4n) is 4.27. The third-order valence-electron chi connectivity index (χ3n) is 5.94. The maximum Gasteiger partial charge on any atom is 0.419 e. The number of hydrogen-bond donors (Lipinski definition) is 2. The van der Waals surface area contributed by atoms with E-state index in [-0.39, 0.29) is 5.56 Å². The molecule has 4 aromatic rings. The lowest BCUT2D eigenvalue weighted by molar-refractivity contribution is -0.140. The van der Waals surface area contributed by atoms with E-state index in [0.717, 1.165) is 32.0 Å². The van der Waals surface area contributed by atoms with Crippen molar-refractivity contribution in [3.63, 3.8) is 0 Å². The number of alkyl halides is 3. The molecule has 0 radical (unpaired) electrons. The SMILES string of the molecule is Cc1nc(N[C@H](C)c2cccc(C(F)(F)F)c2F)c2cc(-c3nnn[nH]3)c(N3CCCC3)nc2n1. The maximum absolute atomic E-state index is 14.8. The van der Waals surface area contributed by atoms with E-state index in [1.54, 1.807) is 19.9 Å². The molecule has 0 bridgehead atoms. The molecule has 5 rings (SSSR count). The molecule has 1 aliphatic rings. The molecule has 0 aliphatic carbocycles. The first-order valence-electron chi connectivity index (χ1n) is 11.0. The van der Waals surface area contributed by atoms with Crippen LogP contribution in [0.2, 0.25) is 0 Å². The summed E-state index contributed by atoms with van der Waals surface area (Å²) in [6.45, 7) is 4.91. The number of anilines is 2. The third kappa shape index (κ3) is 4.33. The Morgan fingerprint density at radius 2 is 1.89 bits per heavy atom. The van der Waals surface area contributed by atoms with Gasteiger partial charge in [-0.2, -0.15) is 13.2 Å². The van der Waals surface area contributed by atoms with Gasteiger partial charge in [-0.05, 0) is 49.2 Å². The van der Waals surface area contributed by atoms with Gasteiger partial charge in [-0.25, -0.2) is 24.4 Å². The van der Waals surface area contributed by atoms with Crippen LogP contribution in [0.15, 0.2) is 24.3 Å². The van der Waals surface area contributed by atoms with E-state index >= 15 is 0 Å². The van der Waals surface area contributed by atoms with Crippen molar-refractivity contribution >= 4 is 22.7 Å². The van der Waals surface area contributed by atoms with Crippen molar-refractivity contribution in [2.24, 2.45) is 0 Å². The largest absolute Gasteiger partial charge is 0.419 e. The van der Waals surface area contributed by atoms with Crippen molar-refractivity contribution in [2.45, 2.75) is 38.9 Å². The quantitative estimate of drug-likeness (QED) is 0.398. The number of benzene rings is 1. The normalized spacial score (nSPS) is 15.1. The molecule has 3 aromatic heterocycles. The number of H-pyrrole nitrogens is 1. The number of nitrogens with zero attached hydrogens (tertiary/aromatic N) is 7. The molecule has 1 aromatic carbocycles. The number of nitrogens with one attached hydrogen (secondary N) is 2. The molecule has 1 fully saturated rings. The molecule has 0 saturated carbocycles. The minimum atomic E-state index is -4.80. The van der Waals surface area contributed by atoms with Crippen molar-refractivity contribution in [1.82, 2.24) is 35.6 Å². The van der Waals surface area contributed by atoms with Gasteiger partial charge in [0, 0.05) is 18.7 Å². The van der Waals surface area contributed by atoms with E-state index in [4.69, 9.17) is 4.98 Å². The van der Waals surface area contributed by atoms with Gasteiger partial charge in [0.05, 0.1) is 22.6 Å². The molecule has 182 valence electrons. The smallest absolute Gasteiger partial charge is 0.363 e. The highest BCUT2D eigenvalue weighted by molar-refractivity contribution is 5.93. The predicted octanol–water partition coefficient (Wildman–Crippen LogP) is 4.44. The van der Waals surface area contributed by atoms with Gasteiger partial charge in [0.1, 0.15) is 23.3 Å². The molecule has 13 heteroatoms. The Bertz CT molecular complexity index is 1370. The van der Waals surface area contributed by atoms with Crippen LogP contribution >= 0.6 is 0 Å². The molecule has 35 heavy (non-hydrogen) atoms. The molecule has 4 heterocycles. The van der Waals surface area contributed by atoms with Crippen LogP contribution in [0, 0.1) is 12.7 Å². The number of fused-ring (bicyclic) bond motifs is 1. The number of hydrogen-bond acceptors (Lipinski definition) is 8. The van der Waals surface area contributed by atoms with Crippen molar-refractivity contribution in [2.75, 3.05) is 23.3 Å². The highest BCUT2D eigenvalue weighted by Gasteiger charge is 2.35. The summed E-state index contributed by atoms with van der Waals surface area (Å²) < 4.78 is 54.4. The van der Waals surface area contributed by atoms with Gasteiger partial charge >= 0.3 is 6.18 Å². The first-order valence-corrected chi connectivity index (χ1v) is 11.0. The zero-order chi connectivity index (χ0) is 24.7. The van der Waals surface area contributed by atoms with Gasteiger partial charge in [0.2, 0.25) is 0 Å². The van der Waals surface area contributed by atoms with Gasteiger partial charge in [-0.1, -0.05) is 12.1 Å². The Kier molecular flexibility index (Phi) is 5.69. The number of pyridine rings is 1. The van der Waals surface area contributed by atoms with Crippen molar-refractivity contribution in [3.8, 4) is 11.4 Å². The topological polar surface area (TPSA) is 108 Å². The van der Waals surface area contributed by atoms with E-state index in [2.05, 4.69) is 40.8 Å². The summed E-state index contributed by atoms with van der Waals surface area (Å²) in [4.78, 5) is 15.8. The van der Waals surface area contributed by atoms with Crippen LogP contribution in [0.1, 0.15) is 42.8 Å². The van der Waals surface area contributed by atoms with E-state index < -0.39 is 23.6 Å². The highest BCUT2D eigenvalue weighted by Crippen LogP contribution is 2.37. The monoisotopic (exact) mass is 487 g/mol. The fraction of sp³-hybridized carbons (Fsp3) is 0.364. The molecule has 1 aliphatic heterocycles. The number of aromatic amines is 1. The molecule has 2 N–H and O–H groups in total. The summed E-state index contributed by atoms with van der Waals surface area (Å²) in [6, 6.07) is 4.17. The van der Waals surface area contributed by atoms with Crippen molar-refractivity contribution < 1.29 is 17.6 Å². The summed E-state index contributed by atoms with van der Waals surface area (Å²) in [6.07, 6.45) is -2.74. The van der Waals surface area contributed by atoms with Gasteiger partial charge in [0.25, 0.3) is 0 Å². The van der Waals surface area contributed by atoms with Crippen LogP contribution < -0.4 is 10.2 Å². The Labute approximate surface area is 197 Å². The number of aromatic nitrogens is 7. The average Bonchev–Trinajstić information content (AvgIpc) is 3.52. The van der Waals surface area contributed by atoms with Gasteiger partial charge in [-0.3, -0.25) is 0 Å². The zero-order valence-electron chi connectivity index (χ0n) is 18.9. The molecule has 0 spiro atoms. The molecule has 1 saturated heterocycles. The minimum Gasteiger partial charge on any atom is -0.363 e. The first-order chi connectivity index (χ1) is 16.7. The average molecular weight is 487 g/mol. The Hall–Kier alpha value is -3.90. The number of rotatable bonds is 5. The Balaban J connectivity index is 1.60. The number of tetrazole rings is 1. The zero-order valence-corrected chi connectivity index (χ0v) is 18.9. The van der Waals surface area contributed by atoms with Crippen LogP contribution in [0.5, 0.6) is 0 Å². The van der Waals surface area contributed by atoms with Crippen LogP contribution in [-0.4, -0.2) is 48.7 Å². The van der Waals surface area contributed by atoms with Gasteiger partial charge in [-0.15, -0.1) is 5.10 Å². The lowest BCUT2D eigenvalue weighted by Crippen LogP contribution is -2.20. The van der Waals surface area contributed by atoms with E-state index in [0.29, 0.717) is 39.9 Å². The third-order valence-corrected chi connectivity index (χ3v) is 5.94. The minimum absolute atomic E-state index is 0.134. The maximum atomic E-state index is 14.8. The highest BCUT2D eigenvalue weighted by atomic mass is 19.4. The van der Waals surface area contributed by atoms with Crippen LogP contribution in [0.4, 0.5) is 29.2 Å². The summed E-state index contributed by atoms with van der Waals surface area (Å²) in [5.74, 6) is 0.481. The molecular weight excluding hydrogens is 466 g/mol.